The molecule has 2 N–H and O–H groups in total. The van der Waals surface area contributed by atoms with Crippen LogP contribution < -0.4 is 10.0 Å². The number of benzene rings is 1. The molecule has 1 amide bonds. The summed E-state index contributed by atoms with van der Waals surface area (Å²) in [6, 6.07) is 11.3. The summed E-state index contributed by atoms with van der Waals surface area (Å²) in [5, 5.41) is 7.14. The molecule has 0 aliphatic carbocycles. The molecule has 1 aliphatic heterocycles. The minimum Gasteiger partial charge on any atom is -0.350 e. The summed E-state index contributed by atoms with van der Waals surface area (Å²) in [5.74, 6) is 0.436. The highest BCUT2D eigenvalue weighted by molar-refractivity contribution is 7.90. The molecule has 4 rings (SSSR count). The Morgan fingerprint density at radius 3 is 2.75 bits per heavy atom. The van der Waals surface area contributed by atoms with Gasteiger partial charge in [0, 0.05) is 36.3 Å². The Morgan fingerprint density at radius 1 is 1.19 bits per heavy atom. The van der Waals surface area contributed by atoms with Crippen LogP contribution in [-0.4, -0.2) is 41.0 Å². The minimum absolute atomic E-state index is 0.0979. The predicted octanol–water partition coefficient (Wildman–Crippen LogP) is 2.04. The van der Waals surface area contributed by atoms with Crippen molar-refractivity contribution in [2.24, 2.45) is 10.9 Å². The van der Waals surface area contributed by atoms with Crippen molar-refractivity contribution >= 4 is 21.8 Å². The van der Waals surface area contributed by atoms with Gasteiger partial charge in [0.05, 0.1) is 4.90 Å². The zero-order valence-electron chi connectivity index (χ0n) is 17.8. The molecule has 166 valence electrons. The van der Waals surface area contributed by atoms with Crippen molar-refractivity contribution in [2.45, 2.75) is 37.8 Å². The van der Waals surface area contributed by atoms with Crippen LogP contribution in [-0.2, 0) is 21.4 Å². The van der Waals surface area contributed by atoms with Crippen LogP contribution in [0.15, 0.2) is 70.9 Å². The second-order valence-electron chi connectivity index (χ2n) is 7.56. The number of aromatic nitrogens is 3. The Balaban J connectivity index is 1.58. The lowest BCUT2D eigenvalue weighted by atomic mass is 9.98. The summed E-state index contributed by atoms with van der Waals surface area (Å²) >= 11 is 0. The van der Waals surface area contributed by atoms with Crippen LogP contribution in [0.3, 0.4) is 0 Å². The molecule has 0 fully saturated rings. The highest BCUT2D eigenvalue weighted by Gasteiger charge is 2.33. The van der Waals surface area contributed by atoms with E-state index in [1.165, 1.54) is 6.07 Å². The van der Waals surface area contributed by atoms with E-state index in [1.807, 2.05) is 19.9 Å². The van der Waals surface area contributed by atoms with Gasteiger partial charge in [-0.15, -0.1) is 0 Å². The average molecular weight is 453 g/mol. The maximum absolute atomic E-state index is 13.1. The lowest BCUT2D eigenvalue weighted by Crippen LogP contribution is -2.39. The number of fused-ring (bicyclic) bond motifs is 1. The summed E-state index contributed by atoms with van der Waals surface area (Å²) in [6.07, 6.45) is 5.81. The molecule has 0 unspecified atom stereocenters. The first kappa shape index (κ1) is 21.7. The van der Waals surface area contributed by atoms with Gasteiger partial charge in [0.2, 0.25) is 5.91 Å². The van der Waals surface area contributed by atoms with Crippen LogP contribution in [0, 0.1) is 5.92 Å². The van der Waals surface area contributed by atoms with E-state index in [9.17, 15) is 13.2 Å². The third kappa shape index (κ3) is 4.26. The average Bonchev–Trinajstić information content (AvgIpc) is 3.42. The number of aliphatic imine (C=N–C) groups is 1. The largest absolute Gasteiger partial charge is 0.350 e. The molecule has 0 spiro atoms. The third-order valence-corrected chi connectivity index (χ3v) is 6.82. The number of amides is 1. The number of hydrogen-bond acceptors (Lipinski definition) is 6. The van der Waals surface area contributed by atoms with E-state index in [-0.39, 0.29) is 29.1 Å². The van der Waals surface area contributed by atoms with Gasteiger partial charge in [-0.1, -0.05) is 38.5 Å². The molecule has 32 heavy (non-hydrogen) atoms. The van der Waals surface area contributed by atoms with Crippen molar-refractivity contribution in [1.82, 2.24) is 24.8 Å². The molecular weight excluding hydrogens is 428 g/mol. The summed E-state index contributed by atoms with van der Waals surface area (Å²) in [4.78, 5) is 22.2. The van der Waals surface area contributed by atoms with Gasteiger partial charge in [0.15, 0.2) is 5.82 Å². The van der Waals surface area contributed by atoms with Crippen LogP contribution in [0.1, 0.15) is 31.4 Å². The van der Waals surface area contributed by atoms with Crippen LogP contribution in [0.4, 0.5) is 0 Å². The zero-order chi connectivity index (χ0) is 22.7. The van der Waals surface area contributed by atoms with E-state index in [2.05, 4.69) is 25.1 Å². The first-order valence-corrected chi connectivity index (χ1v) is 11.8. The lowest BCUT2D eigenvalue weighted by Gasteiger charge is -2.20. The predicted molar refractivity (Wildman–Crippen MR) is 120 cm³/mol. The van der Waals surface area contributed by atoms with Crippen LogP contribution in [0.25, 0.3) is 5.82 Å². The Hall–Kier alpha value is -3.53. The monoisotopic (exact) mass is 452 g/mol. The molecule has 9 nitrogen and oxygen atoms in total. The fraction of sp³-hybridized carbons (Fsp3) is 0.273. The summed E-state index contributed by atoms with van der Waals surface area (Å²) < 4.78 is 28.9. The van der Waals surface area contributed by atoms with Crippen molar-refractivity contribution in [3.05, 3.63) is 72.2 Å². The van der Waals surface area contributed by atoms with E-state index in [4.69, 9.17) is 0 Å². The Morgan fingerprint density at radius 2 is 2.00 bits per heavy atom. The van der Waals surface area contributed by atoms with E-state index >= 15 is 0 Å². The van der Waals surface area contributed by atoms with Gasteiger partial charge in [-0.05, 0) is 30.2 Å². The quantitative estimate of drug-likeness (QED) is 0.569. The van der Waals surface area contributed by atoms with Gasteiger partial charge in [0.25, 0.3) is 10.0 Å². The number of amidine groups is 1. The fourth-order valence-electron chi connectivity index (χ4n) is 3.49. The molecule has 0 saturated heterocycles. The van der Waals surface area contributed by atoms with Gasteiger partial charge in [0.1, 0.15) is 11.9 Å². The highest BCUT2D eigenvalue weighted by Crippen LogP contribution is 2.24. The topological polar surface area (TPSA) is 118 Å². The molecule has 0 radical (unpaired) electrons. The van der Waals surface area contributed by atoms with Gasteiger partial charge >= 0.3 is 0 Å². The minimum atomic E-state index is -3.67. The van der Waals surface area contributed by atoms with Crippen LogP contribution in [0.5, 0.6) is 0 Å². The number of sulfonamides is 1. The first-order chi connectivity index (χ1) is 15.4. The van der Waals surface area contributed by atoms with Crippen molar-refractivity contribution in [3.63, 3.8) is 0 Å². The number of nitrogens with zero attached hydrogens (tertiary/aromatic N) is 4. The molecule has 0 bridgehead atoms. The van der Waals surface area contributed by atoms with Crippen LogP contribution in [0.2, 0.25) is 0 Å². The van der Waals surface area contributed by atoms with Crippen molar-refractivity contribution < 1.29 is 13.2 Å². The summed E-state index contributed by atoms with van der Waals surface area (Å²) in [7, 11) is -3.67. The summed E-state index contributed by atoms with van der Waals surface area (Å²) in [6.45, 7) is 4.12. The smallest absolute Gasteiger partial charge is 0.263 e. The molecule has 2 aromatic heterocycles. The Bertz CT molecular complexity index is 1250. The molecular formula is C22H24N6O3S. The molecule has 1 aliphatic rings. The number of carbonyl (C=O) groups excluding carboxylic acids is 1. The Labute approximate surface area is 186 Å². The second kappa shape index (κ2) is 8.91. The number of carbonyl (C=O) groups is 1. The van der Waals surface area contributed by atoms with Crippen molar-refractivity contribution in [2.75, 3.05) is 0 Å². The standard InChI is InChI=1S/C22H24N6O3S/c1-3-15(2)19(26-20-17-9-4-5-10-18(17)32(30,31)27-20)22(29)24-14-16-8-6-11-23-21(16)28-13-7-12-25-28/h4-13,15,19H,3,14H2,1-2H3,(H,24,29)(H,26,27)/t15-,19-/m0/s1. The first-order valence-electron chi connectivity index (χ1n) is 10.3. The van der Waals surface area contributed by atoms with E-state index < -0.39 is 16.1 Å². The Kier molecular flexibility index (Phi) is 6.04. The maximum atomic E-state index is 13.1. The molecule has 10 heteroatoms. The lowest BCUT2D eigenvalue weighted by molar-refractivity contribution is -0.123. The second-order valence-corrected chi connectivity index (χ2v) is 9.22. The van der Waals surface area contributed by atoms with Crippen molar-refractivity contribution in [1.29, 1.82) is 0 Å². The van der Waals surface area contributed by atoms with Crippen molar-refractivity contribution in [3.8, 4) is 5.82 Å². The SMILES string of the molecule is CC[C@H](C)[C@H](N=C1NS(=O)(=O)c2ccccc21)C(=O)NCc1cccnc1-n1cccn1. The fourth-order valence-corrected chi connectivity index (χ4v) is 4.73. The normalized spacial score (nSPS) is 17.4. The summed E-state index contributed by atoms with van der Waals surface area (Å²) in [5.41, 5.74) is 1.27. The number of nitrogens with one attached hydrogen (secondary N) is 2. The molecule has 0 saturated carbocycles. The van der Waals surface area contributed by atoms with Gasteiger partial charge in [-0.2, -0.15) is 5.10 Å². The van der Waals surface area contributed by atoms with Gasteiger partial charge < -0.3 is 5.32 Å². The van der Waals surface area contributed by atoms with Crippen LogP contribution >= 0.6 is 0 Å². The van der Waals surface area contributed by atoms with Gasteiger partial charge in [-0.3, -0.25) is 14.5 Å². The number of rotatable bonds is 7. The molecule has 1 aromatic carbocycles. The molecule has 3 aromatic rings. The highest BCUT2D eigenvalue weighted by atomic mass is 32.2. The van der Waals surface area contributed by atoms with E-state index in [1.54, 1.807) is 53.6 Å². The van der Waals surface area contributed by atoms with E-state index in [0.717, 1.165) is 5.56 Å². The number of hydrogen-bond donors (Lipinski definition) is 2. The number of pyridine rings is 1. The molecule has 3 heterocycles. The van der Waals surface area contributed by atoms with E-state index in [0.29, 0.717) is 17.8 Å². The van der Waals surface area contributed by atoms with Gasteiger partial charge in [-0.25, -0.2) is 18.1 Å². The maximum Gasteiger partial charge on any atom is 0.263 e. The molecule has 2 atom stereocenters. The third-order valence-electron chi connectivity index (χ3n) is 5.42. The zero-order valence-corrected chi connectivity index (χ0v) is 18.6.